The second-order valence-corrected chi connectivity index (χ2v) is 4.37. The topological polar surface area (TPSA) is 37.0 Å². The number of hydrogen-bond donors (Lipinski definition) is 2. The molecule has 0 amide bonds. The molecule has 4 heteroatoms. The van der Waals surface area contributed by atoms with Crippen LogP contribution in [0.25, 0.3) is 0 Å². The van der Waals surface area contributed by atoms with Gasteiger partial charge in [-0.3, -0.25) is 0 Å². The second-order valence-electron chi connectivity index (χ2n) is 3.96. The molecular weight excluding hydrogens is 218 g/mol. The summed E-state index contributed by atoms with van der Waals surface area (Å²) in [4.78, 5) is 4.23. The maximum absolute atomic E-state index is 5.22. The minimum absolute atomic E-state index is 0.397. The SMILES string of the molecule is CCC[C@@H](C)NC(=S)Nc1ncccc1C. The number of aryl methyl sites for hydroxylation is 1. The van der Waals surface area contributed by atoms with Gasteiger partial charge in [-0.2, -0.15) is 0 Å². The lowest BCUT2D eigenvalue weighted by atomic mass is 10.2. The van der Waals surface area contributed by atoms with E-state index in [0.29, 0.717) is 11.2 Å². The molecule has 0 bridgehead atoms. The molecule has 0 aromatic carbocycles. The van der Waals surface area contributed by atoms with E-state index in [9.17, 15) is 0 Å². The summed E-state index contributed by atoms with van der Waals surface area (Å²) in [5.41, 5.74) is 1.09. The van der Waals surface area contributed by atoms with Gasteiger partial charge in [0.1, 0.15) is 5.82 Å². The zero-order chi connectivity index (χ0) is 12.0. The van der Waals surface area contributed by atoms with Crippen molar-refractivity contribution in [3.8, 4) is 0 Å². The van der Waals surface area contributed by atoms with Gasteiger partial charge < -0.3 is 10.6 Å². The Hall–Kier alpha value is -1.16. The lowest BCUT2D eigenvalue weighted by molar-refractivity contribution is 0.599. The molecule has 3 nitrogen and oxygen atoms in total. The van der Waals surface area contributed by atoms with Crippen molar-refractivity contribution in [1.29, 1.82) is 0 Å². The second kappa shape index (κ2) is 6.43. The molecule has 1 rings (SSSR count). The van der Waals surface area contributed by atoms with E-state index in [1.165, 1.54) is 0 Å². The van der Waals surface area contributed by atoms with Gasteiger partial charge in [0.05, 0.1) is 0 Å². The van der Waals surface area contributed by atoms with E-state index in [1.54, 1.807) is 6.20 Å². The number of rotatable bonds is 4. The Morgan fingerprint density at radius 2 is 2.31 bits per heavy atom. The summed E-state index contributed by atoms with van der Waals surface area (Å²) in [6, 6.07) is 4.32. The molecule has 1 heterocycles. The van der Waals surface area contributed by atoms with Crippen molar-refractivity contribution in [3.05, 3.63) is 23.9 Å². The van der Waals surface area contributed by atoms with Crippen LogP contribution in [0.3, 0.4) is 0 Å². The normalized spacial score (nSPS) is 11.9. The molecule has 0 aliphatic heterocycles. The predicted octanol–water partition coefficient (Wildman–Crippen LogP) is 2.87. The summed E-state index contributed by atoms with van der Waals surface area (Å²) < 4.78 is 0. The van der Waals surface area contributed by atoms with Crippen molar-refractivity contribution < 1.29 is 0 Å². The van der Waals surface area contributed by atoms with Crippen molar-refractivity contribution in [2.45, 2.75) is 39.7 Å². The molecule has 16 heavy (non-hydrogen) atoms. The summed E-state index contributed by atoms with van der Waals surface area (Å²) in [5.74, 6) is 0.823. The van der Waals surface area contributed by atoms with Crippen LogP contribution in [0, 0.1) is 6.92 Å². The summed E-state index contributed by atoms with van der Waals surface area (Å²) >= 11 is 5.22. The maximum atomic E-state index is 5.22. The van der Waals surface area contributed by atoms with Crippen LogP contribution in [0.2, 0.25) is 0 Å². The van der Waals surface area contributed by atoms with Gasteiger partial charge in [0, 0.05) is 12.2 Å². The zero-order valence-corrected chi connectivity index (χ0v) is 10.9. The Bertz CT molecular complexity index is 352. The van der Waals surface area contributed by atoms with Gasteiger partial charge in [-0.25, -0.2) is 4.98 Å². The van der Waals surface area contributed by atoms with E-state index >= 15 is 0 Å². The number of pyridine rings is 1. The van der Waals surface area contributed by atoms with Crippen molar-refractivity contribution in [2.24, 2.45) is 0 Å². The summed E-state index contributed by atoms with van der Waals surface area (Å²) in [6.45, 7) is 6.30. The Morgan fingerprint density at radius 3 is 2.94 bits per heavy atom. The first kappa shape index (κ1) is 12.9. The minimum atomic E-state index is 0.397. The highest BCUT2D eigenvalue weighted by Gasteiger charge is 2.04. The smallest absolute Gasteiger partial charge is 0.172 e. The van der Waals surface area contributed by atoms with Crippen LogP contribution in [0.1, 0.15) is 32.3 Å². The molecule has 2 N–H and O–H groups in total. The molecule has 1 atom stereocenters. The van der Waals surface area contributed by atoms with Crippen molar-refractivity contribution >= 4 is 23.1 Å². The minimum Gasteiger partial charge on any atom is -0.360 e. The first-order valence-corrected chi connectivity index (χ1v) is 6.03. The highest BCUT2D eigenvalue weighted by molar-refractivity contribution is 7.80. The number of nitrogens with one attached hydrogen (secondary N) is 2. The molecule has 0 fully saturated rings. The molecule has 0 spiro atoms. The van der Waals surface area contributed by atoms with Crippen molar-refractivity contribution in [3.63, 3.8) is 0 Å². The third-order valence-corrected chi connectivity index (χ3v) is 2.56. The van der Waals surface area contributed by atoms with E-state index in [2.05, 4.69) is 29.5 Å². The van der Waals surface area contributed by atoms with E-state index in [1.807, 2.05) is 19.1 Å². The van der Waals surface area contributed by atoms with Gasteiger partial charge in [-0.15, -0.1) is 0 Å². The zero-order valence-electron chi connectivity index (χ0n) is 10.1. The van der Waals surface area contributed by atoms with Gasteiger partial charge in [0.2, 0.25) is 0 Å². The summed E-state index contributed by atoms with van der Waals surface area (Å²) in [6.07, 6.45) is 4.02. The Morgan fingerprint density at radius 1 is 1.56 bits per heavy atom. The van der Waals surface area contributed by atoms with E-state index in [4.69, 9.17) is 12.2 Å². The summed E-state index contributed by atoms with van der Waals surface area (Å²) in [7, 11) is 0. The number of aromatic nitrogens is 1. The standard InChI is InChI=1S/C12H19N3S/c1-4-6-10(3)14-12(16)15-11-9(2)7-5-8-13-11/h5,7-8,10H,4,6H2,1-3H3,(H2,13,14,15,16)/t10-/m1/s1. The number of thiocarbonyl (C=S) groups is 1. The lowest BCUT2D eigenvalue weighted by Gasteiger charge is -2.16. The van der Waals surface area contributed by atoms with Crippen LogP contribution in [0.4, 0.5) is 5.82 Å². The maximum Gasteiger partial charge on any atom is 0.172 e. The first-order chi connectivity index (χ1) is 7.63. The quantitative estimate of drug-likeness (QED) is 0.790. The first-order valence-electron chi connectivity index (χ1n) is 5.62. The Labute approximate surface area is 103 Å². The van der Waals surface area contributed by atoms with Gasteiger partial charge in [-0.1, -0.05) is 19.4 Å². The molecule has 88 valence electrons. The molecule has 0 saturated carbocycles. The van der Waals surface area contributed by atoms with Gasteiger partial charge in [0.15, 0.2) is 5.11 Å². The number of nitrogens with zero attached hydrogens (tertiary/aromatic N) is 1. The number of hydrogen-bond acceptors (Lipinski definition) is 2. The highest BCUT2D eigenvalue weighted by atomic mass is 32.1. The molecule has 0 saturated heterocycles. The highest BCUT2D eigenvalue weighted by Crippen LogP contribution is 2.08. The fraction of sp³-hybridized carbons (Fsp3) is 0.500. The largest absolute Gasteiger partial charge is 0.360 e. The molecule has 1 aromatic rings. The lowest BCUT2D eigenvalue weighted by Crippen LogP contribution is -2.36. The monoisotopic (exact) mass is 237 g/mol. The third-order valence-electron chi connectivity index (χ3n) is 2.34. The van der Waals surface area contributed by atoms with E-state index in [0.717, 1.165) is 24.2 Å². The average molecular weight is 237 g/mol. The van der Waals surface area contributed by atoms with Crippen LogP contribution in [-0.4, -0.2) is 16.1 Å². The van der Waals surface area contributed by atoms with Crippen LogP contribution < -0.4 is 10.6 Å². The Kier molecular flexibility index (Phi) is 5.19. The van der Waals surface area contributed by atoms with Crippen LogP contribution in [0.5, 0.6) is 0 Å². The fourth-order valence-corrected chi connectivity index (χ4v) is 1.79. The number of anilines is 1. The van der Waals surface area contributed by atoms with Crippen LogP contribution in [-0.2, 0) is 0 Å². The fourth-order valence-electron chi connectivity index (χ4n) is 1.49. The summed E-state index contributed by atoms with van der Waals surface area (Å²) in [5, 5.41) is 6.99. The van der Waals surface area contributed by atoms with Crippen molar-refractivity contribution in [2.75, 3.05) is 5.32 Å². The van der Waals surface area contributed by atoms with Crippen LogP contribution >= 0.6 is 12.2 Å². The molecular formula is C12H19N3S. The van der Waals surface area contributed by atoms with E-state index < -0.39 is 0 Å². The molecule has 1 aromatic heterocycles. The van der Waals surface area contributed by atoms with Gasteiger partial charge in [-0.05, 0) is 44.1 Å². The predicted molar refractivity (Wildman–Crippen MR) is 72.7 cm³/mol. The molecule has 0 aliphatic rings. The van der Waals surface area contributed by atoms with Crippen molar-refractivity contribution in [1.82, 2.24) is 10.3 Å². The van der Waals surface area contributed by atoms with Gasteiger partial charge in [0.25, 0.3) is 0 Å². The molecule has 0 radical (unpaired) electrons. The average Bonchev–Trinajstić information content (AvgIpc) is 2.21. The third kappa shape index (κ3) is 4.14. The van der Waals surface area contributed by atoms with Gasteiger partial charge >= 0.3 is 0 Å². The van der Waals surface area contributed by atoms with Crippen LogP contribution in [0.15, 0.2) is 18.3 Å². The Balaban J connectivity index is 2.49. The molecule has 0 aliphatic carbocycles. The molecule has 0 unspecified atom stereocenters. The van der Waals surface area contributed by atoms with E-state index in [-0.39, 0.29) is 0 Å².